The lowest BCUT2D eigenvalue weighted by atomic mass is 10.0. The fraction of sp³-hybridized carbons (Fsp3) is 0.312. The van der Waals surface area contributed by atoms with Crippen molar-refractivity contribution in [3.05, 3.63) is 106 Å². The summed E-state index contributed by atoms with van der Waals surface area (Å²) in [6.07, 6.45) is 5.26. The molecule has 4 aromatic rings. The van der Waals surface area contributed by atoms with Gasteiger partial charge in [0.05, 0.1) is 11.5 Å². The molecule has 1 heterocycles. The van der Waals surface area contributed by atoms with Crippen LogP contribution in [0.3, 0.4) is 0 Å². The molecule has 1 unspecified atom stereocenters. The Labute approximate surface area is 233 Å². The van der Waals surface area contributed by atoms with Gasteiger partial charge < -0.3 is 14.0 Å². The molecular formula is C32H34N2O6. The molecule has 3 aromatic carbocycles. The van der Waals surface area contributed by atoms with Gasteiger partial charge in [-0.3, -0.25) is 19.7 Å². The van der Waals surface area contributed by atoms with Crippen molar-refractivity contribution in [1.82, 2.24) is 4.57 Å². The van der Waals surface area contributed by atoms with Gasteiger partial charge in [-0.1, -0.05) is 31.5 Å². The average Bonchev–Trinajstić information content (AvgIpc) is 3.34. The third-order valence-electron chi connectivity index (χ3n) is 6.81. The number of ketones is 1. The summed E-state index contributed by atoms with van der Waals surface area (Å²) in [5, 5.41) is 11.9. The SMILES string of the molecule is CCCCC(Oc1ccc(C(=O)c2cn(CCCC(=O)OCC)c3ccccc23)cc1)c1ccc([N+](=O)[O-])cc1. The topological polar surface area (TPSA) is 101 Å². The van der Waals surface area contributed by atoms with Crippen molar-refractivity contribution in [2.45, 2.75) is 58.6 Å². The van der Waals surface area contributed by atoms with E-state index >= 15 is 0 Å². The number of non-ortho nitro benzene ring substituents is 1. The van der Waals surface area contributed by atoms with Gasteiger partial charge in [0, 0.05) is 53.3 Å². The van der Waals surface area contributed by atoms with E-state index in [1.807, 2.05) is 35.0 Å². The Balaban J connectivity index is 1.50. The van der Waals surface area contributed by atoms with Crippen LogP contribution in [-0.4, -0.2) is 27.8 Å². The first-order valence-corrected chi connectivity index (χ1v) is 13.7. The van der Waals surface area contributed by atoms with Crippen LogP contribution in [0, 0.1) is 10.1 Å². The van der Waals surface area contributed by atoms with Gasteiger partial charge in [-0.15, -0.1) is 0 Å². The number of fused-ring (bicyclic) bond motifs is 1. The number of ether oxygens (including phenoxy) is 2. The maximum absolute atomic E-state index is 13.5. The molecule has 8 nitrogen and oxygen atoms in total. The largest absolute Gasteiger partial charge is 0.486 e. The van der Waals surface area contributed by atoms with E-state index in [2.05, 4.69) is 6.92 Å². The fourth-order valence-corrected chi connectivity index (χ4v) is 4.74. The first-order valence-electron chi connectivity index (χ1n) is 13.7. The average molecular weight is 543 g/mol. The first-order chi connectivity index (χ1) is 19.4. The van der Waals surface area contributed by atoms with Gasteiger partial charge in [-0.2, -0.15) is 0 Å². The van der Waals surface area contributed by atoms with Crippen LogP contribution in [0.15, 0.2) is 79.0 Å². The second kappa shape index (κ2) is 13.6. The second-order valence-corrected chi connectivity index (χ2v) is 9.61. The molecule has 208 valence electrons. The van der Waals surface area contributed by atoms with Crippen LogP contribution in [0.4, 0.5) is 5.69 Å². The lowest BCUT2D eigenvalue weighted by Crippen LogP contribution is -2.08. The molecule has 0 bridgehead atoms. The molecule has 4 rings (SSSR count). The number of nitrogens with zero attached hydrogens (tertiary/aromatic N) is 2. The Morgan fingerprint density at radius 1 is 0.950 bits per heavy atom. The summed E-state index contributed by atoms with van der Waals surface area (Å²) in [7, 11) is 0. The van der Waals surface area contributed by atoms with Crippen molar-refractivity contribution in [3.63, 3.8) is 0 Å². The zero-order valence-electron chi connectivity index (χ0n) is 22.9. The maximum Gasteiger partial charge on any atom is 0.305 e. The molecule has 1 atom stereocenters. The number of carbonyl (C=O) groups excluding carboxylic acids is 2. The quantitative estimate of drug-likeness (QED) is 0.0711. The molecule has 1 aromatic heterocycles. The van der Waals surface area contributed by atoms with E-state index in [-0.39, 0.29) is 23.5 Å². The van der Waals surface area contributed by atoms with Crippen LogP contribution in [0.2, 0.25) is 0 Å². The first kappa shape index (κ1) is 28.5. The fourth-order valence-electron chi connectivity index (χ4n) is 4.74. The van der Waals surface area contributed by atoms with Gasteiger partial charge in [0.25, 0.3) is 5.69 Å². The third-order valence-corrected chi connectivity index (χ3v) is 6.81. The Morgan fingerprint density at radius 3 is 2.35 bits per heavy atom. The minimum atomic E-state index is -0.414. The van der Waals surface area contributed by atoms with Gasteiger partial charge >= 0.3 is 5.97 Å². The molecule has 0 amide bonds. The van der Waals surface area contributed by atoms with Gasteiger partial charge in [0.2, 0.25) is 0 Å². The molecule has 8 heteroatoms. The number of para-hydroxylation sites is 1. The normalized spacial score (nSPS) is 11.8. The van der Waals surface area contributed by atoms with Crippen LogP contribution < -0.4 is 4.74 Å². The highest BCUT2D eigenvalue weighted by Crippen LogP contribution is 2.29. The van der Waals surface area contributed by atoms with Crippen LogP contribution >= 0.6 is 0 Å². The molecule has 0 N–H and O–H groups in total. The summed E-state index contributed by atoms with van der Waals surface area (Å²) in [5.74, 6) is 0.310. The number of aryl methyl sites for hydroxylation is 1. The maximum atomic E-state index is 13.5. The van der Waals surface area contributed by atoms with Crippen molar-refractivity contribution in [2.24, 2.45) is 0 Å². The molecule has 0 aliphatic rings. The van der Waals surface area contributed by atoms with Gasteiger partial charge in [0.15, 0.2) is 5.78 Å². The molecule has 0 aliphatic heterocycles. The summed E-state index contributed by atoms with van der Waals surface area (Å²) < 4.78 is 13.3. The number of carbonyl (C=O) groups is 2. The number of unbranched alkanes of at least 4 members (excludes halogenated alkanes) is 1. The smallest absolute Gasteiger partial charge is 0.305 e. The summed E-state index contributed by atoms with van der Waals surface area (Å²) in [6, 6.07) is 21.3. The number of hydrogen-bond donors (Lipinski definition) is 0. The van der Waals surface area contributed by atoms with Crippen molar-refractivity contribution in [2.75, 3.05) is 6.61 Å². The Morgan fingerprint density at radius 2 is 1.68 bits per heavy atom. The molecule has 0 fully saturated rings. The number of hydrogen-bond acceptors (Lipinski definition) is 6. The lowest BCUT2D eigenvalue weighted by molar-refractivity contribution is -0.384. The molecule has 0 radical (unpaired) electrons. The second-order valence-electron chi connectivity index (χ2n) is 9.61. The molecule has 0 saturated heterocycles. The van der Waals surface area contributed by atoms with Gasteiger partial charge in [-0.25, -0.2) is 0 Å². The summed E-state index contributed by atoms with van der Waals surface area (Å²) in [6.45, 7) is 4.85. The van der Waals surface area contributed by atoms with E-state index in [9.17, 15) is 19.7 Å². The van der Waals surface area contributed by atoms with Crippen LogP contribution in [0.25, 0.3) is 10.9 Å². The van der Waals surface area contributed by atoms with Crippen molar-refractivity contribution >= 4 is 28.3 Å². The van der Waals surface area contributed by atoms with Crippen LogP contribution in [0.5, 0.6) is 5.75 Å². The van der Waals surface area contributed by atoms with Crippen molar-refractivity contribution < 1.29 is 24.0 Å². The predicted octanol–water partition coefficient (Wildman–Crippen LogP) is 7.43. The number of esters is 1. The summed E-state index contributed by atoms with van der Waals surface area (Å²) in [4.78, 5) is 35.9. The number of aromatic nitrogens is 1. The standard InChI is InChI=1S/C32H34N2O6/c1-3-5-11-30(23-13-17-25(18-14-23)34(37)38)40-26-19-15-24(16-20-26)32(36)28-22-33(21-8-12-31(35)39-4-2)29-10-7-6-9-27(28)29/h6-7,9-10,13-20,22,30H,3-5,8,11-12,21H2,1-2H3. The Kier molecular flexibility index (Phi) is 9.67. The minimum Gasteiger partial charge on any atom is -0.486 e. The lowest BCUT2D eigenvalue weighted by Gasteiger charge is -2.19. The van der Waals surface area contributed by atoms with E-state index in [0.29, 0.717) is 42.9 Å². The predicted molar refractivity (Wildman–Crippen MR) is 154 cm³/mol. The molecule has 0 spiro atoms. The van der Waals surface area contributed by atoms with E-state index in [0.717, 1.165) is 35.7 Å². The summed E-state index contributed by atoms with van der Waals surface area (Å²) >= 11 is 0. The van der Waals surface area contributed by atoms with E-state index in [1.165, 1.54) is 12.1 Å². The van der Waals surface area contributed by atoms with Gasteiger partial charge in [0.1, 0.15) is 11.9 Å². The highest BCUT2D eigenvalue weighted by atomic mass is 16.6. The number of benzene rings is 3. The zero-order valence-corrected chi connectivity index (χ0v) is 22.9. The van der Waals surface area contributed by atoms with Crippen LogP contribution in [-0.2, 0) is 16.1 Å². The van der Waals surface area contributed by atoms with Crippen molar-refractivity contribution in [3.8, 4) is 5.75 Å². The Hall–Kier alpha value is -4.46. The Bertz CT molecular complexity index is 1460. The van der Waals surface area contributed by atoms with Gasteiger partial charge in [-0.05, 0) is 74.2 Å². The molecular weight excluding hydrogens is 508 g/mol. The monoisotopic (exact) mass is 542 g/mol. The highest BCUT2D eigenvalue weighted by molar-refractivity contribution is 6.16. The molecule has 0 saturated carbocycles. The van der Waals surface area contributed by atoms with E-state index in [4.69, 9.17) is 9.47 Å². The van der Waals surface area contributed by atoms with Crippen LogP contribution in [0.1, 0.15) is 73.5 Å². The molecule has 0 aliphatic carbocycles. The summed E-state index contributed by atoms with van der Waals surface area (Å²) in [5.41, 5.74) is 3.00. The highest BCUT2D eigenvalue weighted by Gasteiger charge is 2.19. The number of nitro benzene ring substituents is 1. The third kappa shape index (κ3) is 6.94. The number of nitro groups is 1. The van der Waals surface area contributed by atoms with E-state index < -0.39 is 4.92 Å². The van der Waals surface area contributed by atoms with E-state index in [1.54, 1.807) is 43.3 Å². The minimum absolute atomic E-state index is 0.0428. The number of rotatable bonds is 14. The zero-order chi connectivity index (χ0) is 28.5. The molecule has 40 heavy (non-hydrogen) atoms. The van der Waals surface area contributed by atoms with Crippen molar-refractivity contribution in [1.29, 1.82) is 0 Å².